The SMILES string of the molecule is CCOc1ccc(NC2=C(c3ccccc3OC)C(=O)N(CCc3ccc(F)cc3)C2=O)cc1. The maximum Gasteiger partial charge on any atom is 0.278 e. The summed E-state index contributed by atoms with van der Waals surface area (Å²) in [5.41, 5.74) is 2.43. The molecule has 6 nitrogen and oxygen atoms in total. The van der Waals surface area contributed by atoms with E-state index in [1.165, 1.54) is 24.1 Å². The van der Waals surface area contributed by atoms with Gasteiger partial charge in [0.15, 0.2) is 0 Å². The predicted octanol–water partition coefficient (Wildman–Crippen LogP) is 4.67. The number of benzene rings is 3. The van der Waals surface area contributed by atoms with E-state index in [1.54, 1.807) is 60.7 Å². The highest BCUT2D eigenvalue weighted by molar-refractivity contribution is 6.37. The largest absolute Gasteiger partial charge is 0.496 e. The quantitative estimate of drug-likeness (QED) is 0.470. The molecule has 0 fully saturated rings. The van der Waals surface area contributed by atoms with Gasteiger partial charge in [-0.2, -0.15) is 0 Å². The number of carbonyl (C=O) groups excluding carboxylic acids is 2. The van der Waals surface area contributed by atoms with Gasteiger partial charge in [-0.3, -0.25) is 14.5 Å². The Morgan fingerprint density at radius 1 is 0.912 bits per heavy atom. The third-order valence-electron chi connectivity index (χ3n) is 5.52. The molecule has 0 saturated heterocycles. The second-order valence-electron chi connectivity index (χ2n) is 7.67. The molecule has 3 aromatic carbocycles. The molecule has 0 atom stereocenters. The number of hydrogen-bond donors (Lipinski definition) is 1. The summed E-state index contributed by atoms with van der Waals surface area (Å²) in [5.74, 6) is 0.0257. The first-order valence-corrected chi connectivity index (χ1v) is 11.0. The van der Waals surface area contributed by atoms with Crippen LogP contribution in [0.25, 0.3) is 5.57 Å². The fourth-order valence-electron chi connectivity index (χ4n) is 3.83. The summed E-state index contributed by atoms with van der Waals surface area (Å²) in [6.45, 7) is 2.61. The number of methoxy groups -OCH3 is 1. The number of amides is 2. The fourth-order valence-corrected chi connectivity index (χ4v) is 3.83. The number of imide groups is 1. The molecule has 1 aliphatic heterocycles. The van der Waals surface area contributed by atoms with E-state index in [0.29, 0.717) is 35.8 Å². The Balaban J connectivity index is 1.66. The van der Waals surface area contributed by atoms with Gasteiger partial charge in [0, 0.05) is 17.8 Å². The zero-order chi connectivity index (χ0) is 24.1. The van der Waals surface area contributed by atoms with Crippen LogP contribution in [0.15, 0.2) is 78.5 Å². The number of nitrogens with one attached hydrogen (secondary N) is 1. The highest BCUT2D eigenvalue weighted by Crippen LogP contribution is 2.35. The molecular weight excluding hydrogens is 435 g/mol. The molecule has 2 amide bonds. The van der Waals surface area contributed by atoms with E-state index in [1.807, 2.05) is 6.92 Å². The summed E-state index contributed by atoms with van der Waals surface area (Å²) in [7, 11) is 1.52. The summed E-state index contributed by atoms with van der Waals surface area (Å²) in [5, 5.41) is 3.13. The first-order valence-electron chi connectivity index (χ1n) is 11.0. The van der Waals surface area contributed by atoms with Gasteiger partial charge in [0.1, 0.15) is 23.0 Å². The van der Waals surface area contributed by atoms with Crippen molar-refractivity contribution in [3.8, 4) is 11.5 Å². The Hall–Kier alpha value is -4.13. The molecule has 7 heteroatoms. The Labute approximate surface area is 197 Å². The molecule has 0 radical (unpaired) electrons. The van der Waals surface area contributed by atoms with Gasteiger partial charge in [0.2, 0.25) is 0 Å². The number of rotatable bonds is 9. The Morgan fingerprint density at radius 2 is 1.62 bits per heavy atom. The van der Waals surface area contributed by atoms with E-state index in [9.17, 15) is 14.0 Å². The van der Waals surface area contributed by atoms with Crippen molar-refractivity contribution < 1.29 is 23.5 Å². The lowest BCUT2D eigenvalue weighted by molar-refractivity contribution is -0.136. The first-order chi connectivity index (χ1) is 16.5. The zero-order valence-electron chi connectivity index (χ0n) is 19.0. The van der Waals surface area contributed by atoms with E-state index >= 15 is 0 Å². The second-order valence-corrected chi connectivity index (χ2v) is 7.67. The van der Waals surface area contributed by atoms with Crippen molar-refractivity contribution in [3.05, 3.63) is 95.4 Å². The zero-order valence-corrected chi connectivity index (χ0v) is 19.0. The van der Waals surface area contributed by atoms with Crippen molar-refractivity contribution in [1.29, 1.82) is 0 Å². The monoisotopic (exact) mass is 460 g/mol. The topological polar surface area (TPSA) is 67.9 Å². The number of carbonyl (C=O) groups is 2. The van der Waals surface area contributed by atoms with Gasteiger partial charge < -0.3 is 14.8 Å². The van der Waals surface area contributed by atoms with Crippen LogP contribution in [0.2, 0.25) is 0 Å². The van der Waals surface area contributed by atoms with Crippen molar-refractivity contribution >= 4 is 23.1 Å². The summed E-state index contributed by atoms with van der Waals surface area (Å²) >= 11 is 0. The van der Waals surface area contributed by atoms with Crippen LogP contribution >= 0.6 is 0 Å². The third-order valence-corrected chi connectivity index (χ3v) is 5.52. The van der Waals surface area contributed by atoms with Crippen molar-refractivity contribution in [2.45, 2.75) is 13.3 Å². The summed E-state index contributed by atoms with van der Waals surface area (Å²) in [6.07, 6.45) is 0.410. The lowest BCUT2D eigenvalue weighted by Crippen LogP contribution is -2.34. The minimum Gasteiger partial charge on any atom is -0.496 e. The number of para-hydroxylation sites is 1. The number of nitrogens with zero attached hydrogens (tertiary/aromatic N) is 1. The minimum atomic E-state index is -0.429. The molecule has 1 aliphatic rings. The van der Waals surface area contributed by atoms with E-state index in [2.05, 4.69) is 5.32 Å². The van der Waals surface area contributed by atoms with Crippen molar-refractivity contribution in [2.24, 2.45) is 0 Å². The maximum absolute atomic E-state index is 13.5. The van der Waals surface area contributed by atoms with Gasteiger partial charge in [-0.05, 0) is 61.4 Å². The predicted molar refractivity (Wildman–Crippen MR) is 128 cm³/mol. The fraction of sp³-hybridized carbons (Fsp3) is 0.185. The summed E-state index contributed by atoms with van der Waals surface area (Å²) in [6, 6.07) is 20.3. The van der Waals surface area contributed by atoms with Crippen LogP contribution in [0.3, 0.4) is 0 Å². The number of hydrogen-bond acceptors (Lipinski definition) is 5. The molecule has 0 aliphatic carbocycles. The van der Waals surface area contributed by atoms with Gasteiger partial charge >= 0.3 is 0 Å². The second kappa shape index (κ2) is 10.2. The molecule has 0 unspecified atom stereocenters. The highest BCUT2D eigenvalue weighted by atomic mass is 19.1. The molecule has 174 valence electrons. The smallest absolute Gasteiger partial charge is 0.278 e. The highest BCUT2D eigenvalue weighted by Gasteiger charge is 2.40. The molecule has 3 aromatic rings. The molecule has 1 heterocycles. The molecule has 0 saturated carbocycles. The van der Waals surface area contributed by atoms with Crippen LogP contribution in [0.4, 0.5) is 10.1 Å². The lowest BCUT2D eigenvalue weighted by Gasteiger charge is -2.15. The van der Waals surface area contributed by atoms with Gasteiger partial charge in [-0.1, -0.05) is 30.3 Å². The molecule has 0 bridgehead atoms. The number of anilines is 1. The Kier molecular flexibility index (Phi) is 6.92. The van der Waals surface area contributed by atoms with Gasteiger partial charge in [0.25, 0.3) is 11.8 Å². The van der Waals surface area contributed by atoms with E-state index in [0.717, 1.165) is 5.56 Å². The number of ether oxygens (including phenoxy) is 2. The molecule has 4 rings (SSSR count). The third kappa shape index (κ3) is 4.78. The van der Waals surface area contributed by atoms with Gasteiger partial charge in [-0.15, -0.1) is 0 Å². The normalized spacial score (nSPS) is 13.4. The molecular formula is C27H25FN2O4. The van der Waals surface area contributed by atoms with Crippen molar-refractivity contribution in [2.75, 3.05) is 25.6 Å². The first kappa shape index (κ1) is 23.0. The maximum atomic E-state index is 13.5. The van der Waals surface area contributed by atoms with Crippen molar-refractivity contribution in [1.82, 2.24) is 4.90 Å². The van der Waals surface area contributed by atoms with E-state index < -0.39 is 11.8 Å². The molecule has 0 spiro atoms. The molecule has 0 aromatic heterocycles. The van der Waals surface area contributed by atoms with E-state index in [4.69, 9.17) is 9.47 Å². The van der Waals surface area contributed by atoms with Crippen LogP contribution in [0, 0.1) is 5.82 Å². The average molecular weight is 461 g/mol. The van der Waals surface area contributed by atoms with Crippen LogP contribution < -0.4 is 14.8 Å². The number of halogens is 1. The lowest BCUT2D eigenvalue weighted by atomic mass is 10.0. The Morgan fingerprint density at radius 3 is 2.29 bits per heavy atom. The molecule has 34 heavy (non-hydrogen) atoms. The van der Waals surface area contributed by atoms with E-state index in [-0.39, 0.29) is 23.6 Å². The average Bonchev–Trinajstić information content (AvgIpc) is 3.08. The summed E-state index contributed by atoms with van der Waals surface area (Å²) < 4.78 is 24.2. The van der Waals surface area contributed by atoms with Crippen LogP contribution in [-0.4, -0.2) is 37.0 Å². The Bertz CT molecular complexity index is 1220. The van der Waals surface area contributed by atoms with Crippen LogP contribution in [0.5, 0.6) is 11.5 Å². The minimum absolute atomic E-state index is 0.163. The van der Waals surface area contributed by atoms with Crippen molar-refractivity contribution in [3.63, 3.8) is 0 Å². The van der Waals surface area contributed by atoms with Gasteiger partial charge in [0.05, 0.1) is 19.3 Å². The van der Waals surface area contributed by atoms with Gasteiger partial charge in [-0.25, -0.2) is 4.39 Å². The molecule has 1 N–H and O–H groups in total. The standard InChI is InChI=1S/C27H25FN2O4/c1-3-34-21-14-12-20(13-15-21)29-25-24(22-6-4-5-7-23(22)33-2)26(31)30(27(25)32)17-16-18-8-10-19(28)11-9-18/h4-15,29H,3,16-17H2,1-2H3. The summed E-state index contributed by atoms with van der Waals surface area (Å²) in [4.78, 5) is 28.1. The van der Waals surface area contributed by atoms with Crippen LogP contribution in [-0.2, 0) is 16.0 Å². The van der Waals surface area contributed by atoms with Crippen LogP contribution in [0.1, 0.15) is 18.1 Å².